The standard InChI is InChI=1S/C16H15F2NO/c1-2-11-5-3-4-6-15(11)19-16(20)9-12-7-8-13(17)10-14(12)18/h3-8,10H,2,9H2,1H3,(H,19,20). The van der Waals surface area contributed by atoms with Crippen LogP contribution < -0.4 is 5.32 Å². The van der Waals surface area contributed by atoms with Gasteiger partial charge in [-0.3, -0.25) is 4.79 Å². The Balaban J connectivity index is 2.09. The Bertz CT molecular complexity index is 626. The summed E-state index contributed by atoms with van der Waals surface area (Å²) in [5.41, 5.74) is 1.92. The number of rotatable bonds is 4. The third kappa shape index (κ3) is 3.41. The molecule has 20 heavy (non-hydrogen) atoms. The number of amides is 1. The summed E-state index contributed by atoms with van der Waals surface area (Å²) in [5, 5.41) is 2.75. The minimum absolute atomic E-state index is 0.121. The van der Waals surface area contributed by atoms with Gasteiger partial charge in [0.25, 0.3) is 0 Å². The fourth-order valence-corrected chi connectivity index (χ4v) is 1.98. The van der Waals surface area contributed by atoms with Crippen molar-refractivity contribution in [3.8, 4) is 0 Å². The number of halogens is 2. The Kier molecular flexibility index (Phi) is 4.45. The molecule has 1 amide bonds. The van der Waals surface area contributed by atoms with E-state index in [1.807, 2.05) is 25.1 Å². The number of nitrogens with one attached hydrogen (secondary N) is 1. The predicted molar refractivity (Wildman–Crippen MR) is 74.5 cm³/mol. The zero-order valence-corrected chi connectivity index (χ0v) is 11.1. The van der Waals surface area contributed by atoms with Gasteiger partial charge in [0.1, 0.15) is 11.6 Å². The predicted octanol–water partition coefficient (Wildman–Crippen LogP) is 3.71. The Morgan fingerprint density at radius 3 is 2.55 bits per heavy atom. The fourth-order valence-electron chi connectivity index (χ4n) is 1.98. The molecule has 0 atom stereocenters. The SMILES string of the molecule is CCc1ccccc1NC(=O)Cc1ccc(F)cc1F. The molecule has 2 rings (SSSR count). The molecule has 0 fully saturated rings. The maximum atomic E-state index is 13.5. The largest absolute Gasteiger partial charge is 0.326 e. The number of hydrogen-bond donors (Lipinski definition) is 1. The minimum atomic E-state index is -0.705. The van der Waals surface area contributed by atoms with Crippen LogP contribution in [-0.2, 0) is 17.6 Å². The number of anilines is 1. The number of hydrogen-bond acceptors (Lipinski definition) is 1. The van der Waals surface area contributed by atoms with Gasteiger partial charge in [-0.25, -0.2) is 8.78 Å². The van der Waals surface area contributed by atoms with Crippen molar-refractivity contribution in [2.45, 2.75) is 19.8 Å². The van der Waals surface area contributed by atoms with E-state index < -0.39 is 11.6 Å². The lowest BCUT2D eigenvalue weighted by Crippen LogP contribution is -2.16. The van der Waals surface area contributed by atoms with Crippen LogP contribution in [0.4, 0.5) is 14.5 Å². The average molecular weight is 275 g/mol. The molecular formula is C16H15F2NO. The quantitative estimate of drug-likeness (QED) is 0.905. The first-order valence-electron chi connectivity index (χ1n) is 6.42. The number of benzene rings is 2. The molecule has 0 heterocycles. The number of carbonyl (C=O) groups is 1. The second-order valence-corrected chi connectivity index (χ2v) is 4.47. The number of carbonyl (C=O) groups excluding carboxylic acids is 1. The van der Waals surface area contributed by atoms with E-state index >= 15 is 0 Å². The maximum Gasteiger partial charge on any atom is 0.228 e. The molecule has 0 aliphatic rings. The Labute approximate surface area is 116 Å². The molecule has 104 valence electrons. The normalized spacial score (nSPS) is 10.3. The third-order valence-electron chi connectivity index (χ3n) is 3.04. The van der Waals surface area contributed by atoms with Gasteiger partial charge in [-0.1, -0.05) is 31.2 Å². The van der Waals surface area contributed by atoms with E-state index in [0.717, 1.165) is 29.8 Å². The van der Waals surface area contributed by atoms with Crippen molar-refractivity contribution >= 4 is 11.6 Å². The van der Waals surface area contributed by atoms with Crippen LogP contribution >= 0.6 is 0 Å². The van der Waals surface area contributed by atoms with Gasteiger partial charge >= 0.3 is 0 Å². The molecule has 0 saturated carbocycles. The van der Waals surface area contributed by atoms with E-state index in [4.69, 9.17) is 0 Å². The summed E-state index contributed by atoms with van der Waals surface area (Å²) in [6, 6.07) is 10.7. The van der Waals surface area contributed by atoms with Gasteiger partial charge in [0.2, 0.25) is 5.91 Å². The lowest BCUT2D eigenvalue weighted by atomic mass is 10.1. The van der Waals surface area contributed by atoms with Gasteiger partial charge in [0.15, 0.2) is 0 Å². The molecule has 0 radical (unpaired) electrons. The third-order valence-corrected chi connectivity index (χ3v) is 3.04. The van der Waals surface area contributed by atoms with Crippen LogP contribution in [0.5, 0.6) is 0 Å². The molecular weight excluding hydrogens is 260 g/mol. The zero-order chi connectivity index (χ0) is 14.5. The Morgan fingerprint density at radius 2 is 1.85 bits per heavy atom. The van der Waals surface area contributed by atoms with Crippen molar-refractivity contribution < 1.29 is 13.6 Å². The summed E-state index contributed by atoms with van der Waals surface area (Å²) in [6.45, 7) is 1.99. The van der Waals surface area contributed by atoms with Crippen LogP contribution in [0.1, 0.15) is 18.1 Å². The first kappa shape index (κ1) is 14.2. The molecule has 2 aromatic carbocycles. The molecule has 0 saturated heterocycles. The van der Waals surface area contributed by atoms with Crippen molar-refractivity contribution in [3.05, 3.63) is 65.2 Å². The molecule has 0 bridgehead atoms. The van der Waals surface area contributed by atoms with Gasteiger partial charge < -0.3 is 5.32 Å². The van der Waals surface area contributed by atoms with Crippen molar-refractivity contribution in [2.24, 2.45) is 0 Å². The molecule has 0 aliphatic carbocycles. The van der Waals surface area contributed by atoms with Gasteiger partial charge in [-0.2, -0.15) is 0 Å². The topological polar surface area (TPSA) is 29.1 Å². The second-order valence-electron chi connectivity index (χ2n) is 4.47. The smallest absolute Gasteiger partial charge is 0.228 e. The van der Waals surface area contributed by atoms with Crippen molar-refractivity contribution in [2.75, 3.05) is 5.32 Å². The van der Waals surface area contributed by atoms with Crippen LogP contribution in [0.2, 0.25) is 0 Å². The van der Waals surface area contributed by atoms with Crippen LogP contribution in [0.15, 0.2) is 42.5 Å². The van der Waals surface area contributed by atoms with E-state index in [0.29, 0.717) is 0 Å². The van der Waals surface area contributed by atoms with E-state index in [-0.39, 0.29) is 17.9 Å². The minimum Gasteiger partial charge on any atom is -0.326 e. The van der Waals surface area contributed by atoms with Crippen molar-refractivity contribution in [1.29, 1.82) is 0 Å². The summed E-state index contributed by atoms with van der Waals surface area (Å²) < 4.78 is 26.3. The van der Waals surface area contributed by atoms with Gasteiger partial charge in [-0.05, 0) is 29.7 Å². The maximum absolute atomic E-state index is 13.5. The molecule has 2 nitrogen and oxygen atoms in total. The van der Waals surface area contributed by atoms with E-state index in [2.05, 4.69) is 5.32 Å². The highest BCUT2D eigenvalue weighted by Crippen LogP contribution is 2.16. The summed E-state index contributed by atoms with van der Waals surface area (Å²) in [4.78, 5) is 11.9. The summed E-state index contributed by atoms with van der Waals surface area (Å²) in [6.07, 6.45) is 0.672. The zero-order valence-electron chi connectivity index (χ0n) is 11.1. The highest BCUT2D eigenvalue weighted by molar-refractivity contribution is 5.93. The van der Waals surface area contributed by atoms with Crippen LogP contribution in [0.25, 0.3) is 0 Å². The summed E-state index contributed by atoms with van der Waals surface area (Å²) in [5.74, 6) is -1.68. The second kappa shape index (κ2) is 6.28. The lowest BCUT2D eigenvalue weighted by molar-refractivity contribution is -0.115. The molecule has 0 spiro atoms. The Morgan fingerprint density at radius 1 is 1.10 bits per heavy atom. The summed E-state index contributed by atoms with van der Waals surface area (Å²) >= 11 is 0. The molecule has 0 aromatic heterocycles. The molecule has 4 heteroatoms. The average Bonchev–Trinajstić information content (AvgIpc) is 2.42. The highest BCUT2D eigenvalue weighted by atomic mass is 19.1. The number of para-hydroxylation sites is 1. The molecule has 0 unspecified atom stereocenters. The van der Waals surface area contributed by atoms with Crippen LogP contribution in [0, 0.1) is 11.6 Å². The first-order chi connectivity index (χ1) is 9.60. The summed E-state index contributed by atoms with van der Waals surface area (Å²) in [7, 11) is 0. The van der Waals surface area contributed by atoms with Crippen LogP contribution in [0.3, 0.4) is 0 Å². The van der Waals surface area contributed by atoms with E-state index in [1.54, 1.807) is 6.07 Å². The van der Waals surface area contributed by atoms with Gasteiger partial charge in [-0.15, -0.1) is 0 Å². The van der Waals surface area contributed by atoms with Crippen molar-refractivity contribution in [3.63, 3.8) is 0 Å². The lowest BCUT2D eigenvalue weighted by Gasteiger charge is -2.10. The molecule has 2 aromatic rings. The Hall–Kier alpha value is -2.23. The monoisotopic (exact) mass is 275 g/mol. The molecule has 1 N–H and O–H groups in total. The molecule has 0 aliphatic heterocycles. The first-order valence-corrected chi connectivity index (χ1v) is 6.42. The van der Waals surface area contributed by atoms with Crippen LogP contribution in [-0.4, -0.2) is 5.91 Å². The fraction of sp³-hybridized carbons (Fsp3) is 0.188. The highest BCUT2D eigenvalue weighted by Gasteiger charge is 2.10. The van der Waals surface area contributed by atoms with Gasteiger partial charge in [0, 0.05) is 11.8 Å². The van der Waals surface area contributed by atoms with Crippen molar-refractivity contribution in [1.82, 2.24) is 0 Å². The number of aryl methyl sites for hydroxylation is 1. The van der Waals surface area contributed by atoms with E-state index in [9.17, 15) is 13.6 Å². The van der Waals surface area contributed by atoms with Gasteiger partial charge in [0.05, 0.1) is 6.42 Å². The van der Waals surface area contributed by atoms with E-state index in [1.165, 1.54) is 6.07 Å².